The molecule has 0 radical (unpaired) electrons. The predicted molar refractivity (Wildman–Crippen MR) is 76.2 cm³/mol. The van der Waals surface area contributed by atoms with E-state index < -0.39 is 0 Å². The lowest BCUT2D eigenvalue weighted by atomic mass is 10.1. The third-order valence-corrected chi connectivity index (χ3v) is 3.60. The van der Waals surface area contributed by atoms with Crippen LogP contribution < -0.4 is 5.32 Å². The van der Waals surface area contributed by atoms with Crippen molar-refractivity contribution in [1.82, 2.24) is 10.2 Å². The van der Waals surface area contributed by atoms with Crippen molar-refractivity contribution < 1.29 is 4.74 Å². The van der Waals surface area contributed by atoms with Crippen molar-refractivity contribution in [3.8, 4) is 0 Å². The molecule has 1 fully saturated rings. The molecular formula is C15H19N3O. The number of nitrogens with one attached hydrogen (secondary N) is 1. The molecule has 1 saturated heterocycles. The van der Waals surface area contributed by atoms with Gasteiger partial charge in [-0.1, -0.05) is 18.2 Å². The van der Waals surface area contributed by atoms with Gasteiger partial charge in [0.2, 0.25) is 0 Å². The molecule has 1 unspecified atom stereocenters. The summed E-state index contributed by atoms with van der Waals surface area (Å²) < 4.78 is 5.74. The van der Waals surface area contributed by atoms with Crippen LogP contribution in [-0.4, -0.2) is 29.5 Å². The number of fused-ring (bicyclic) bond motifs is 1. The Morgan fingerprint density at radius 1 is 1.26 bits per heavy atom. The summed E-state index contributed by atoms with van der Waals surface area (Å²) in [6.07, 6.45) is 6.97. The van der Waals surface area contributed by atoms with E-state index in [-0.39, 0.29) is 0 Å². The minimum absolute atomic E-state index is 0.419. The third kappa shape index (κ3) is 3.01. The van der Waals surface area contributed by atoms with Gasteiger partial charge in [0.05, 0.1) is 23.5 Å². The molecule has 1 aromatic carbocycles. The van der Waals surface area contributed by atoms with Gasteiger partial charge in [0.25, 0.3) is 0 Å². The van der Waals surface area contributed by atoms with Crippen molar-refractivity contribution >= 4 is 16.6 Å². The van der Waals surface area contributed by atoms with Crippen molar-refractivity contribution in [2.24, 2.45) is 0 Å². The van der Waals surface area contributed by atoms with Gasteiger partial charge < -0.3 is 10.1 Å². The van der Waals surface area contributed by atoms with E-state index in [2.05, 4.69) is 21.6 Å². The SMILES string of the molecule is c1ccc2c(NCCC3CCCCO3)cnnc2c1. The van der Waals surface area contributed by atoms with E-state index in [9.17, 15) is 0 Å². The zero-order valence-corrected chi connectivity index (χ0v) is 11.0. The number of ether oxygens (including phenoxy) is 1. The molecule has 1 aliphatic rings. The van der Waals surface area contributed by atoms with Gasteiger partial charge >= 0.3 is 0 Å². The first-order valence-corrected chi connectivity index (χ1v) is 6.99. The number of hydrogen-bond donors (Lipinski definition) is 1. The van der Waals surface area contributed by atoms with Crippen molar-refractivity contribution in [2.45, 2.75) is 31.8 Å². The molecule has 1 aromatic heterocycles. The van der Waals surface area contributed by atoms with E-state index in [1.807, 2.05) is 18.2 Å². The smallest absolute Gasteiger partial charge is 0.0950 e. The molecule has 0 amide bonds. The molecule has 1 atom stereocenters. The standard InChI is InChI=1S/C15H19N3O/c1-2-7-14-13(6-1)15(11-17-18-14)16-9-8-12-5-3-4-10-19-12/h1-2,6-7,11-12H,3-5,8-10H2,(H,16,18). The predicted octanol–water partition coefficient (Wildman–Crippen LogP) is 3.00. The first-order valence-electron chi connectivity index (χ1n) is 6.99. The second-order valence-electron chi connectivity index (χ2n) is 4.98. The normalized spacial score (nSPS) is 19.5. The molecule has 1 aliphatic heterocycles. The second kappa shape index (κ2) is 5.97. The number of aromatic nitrogens is 2. The molecule has 0 aliphatic carbocycles. The Morgan fingerprint density at radius 2 is 2.21 bits per heavy atom. The lowest BCUT2D eigenvalue weighted by Crippen LogP contribution is -2.22. The Balaban J connectivity index is 1.62. The maximum Gasteiger partial charge on any atom is 0.0950 e. The third-order valence-electron chi connectivity index (χ3n) is 3.60. The van der Waals surface area contributed by atoms with Crippen molar-refractivity contribution in [1.29, 1.82) is 0 Å². The molecule has 4 nitrogen and oxygen atoms in total. The summed E-state index contributed by atoms with van der Waals surface area (Å²) in [5, 5.41) is 12.7. The molecule has 100 valence electrons. The second-order valence-corrected chi connectivity index (χ2v) is 4.98. The fourth-order valence-electron chi connectivity index (χ4n) is 2.55. The summed E-state index contributed by atoms with van der Waals surface area (Å²) in [7, 11) is 0. The zero-order chi connectivity index (χ0) is 12.9. The van der Waals surface area contributed by atoms with Gasteiger partial charge in [-0.3, -0.25) is 0 Å². The molecule has 4 heteroatoms. The molecule has 3 rings (SSSR count). The minimum atomic E-state index is 0.419. The summed E-state index contributed by atoms with van der Waals surface area (Å²) in [5.41, 5.74) is 1.99. The van der Waals surface area contributed by atoms with Crippen LogP contribution in [0.15, 0.2) is 30.5 Å². The summed E-state index contributed by atoms with van der Waals surface area (Å²) in [5.74, 6) is 0. The Hall–Kier alpha value is -1.68. The van der Waals surface area contributed by atoms with E-state index in [0.29, 0.717) is 6.10 Å². The van der Waals surface area contributed by atoms with Crippen molar-refractivity contribution in [3.05, 3.63) is 30.5 Å². The average Bonchev–Trinajstić information content (AvgIpc) is 2.49. The van der Waals surface area contributed by atoms with Crippen LogP contribution in [0.5, 0.6) is 0 Å². The fourth-order valence-corrected chi connectivity index (χ4v) is 2.55. The van der Waals surface area contributed by atoms with Gasteiger partial charge in [-0.25, -0.2) is 0 Å². The van der Waals surface area contributed by atoms with Gasteiger partial charge in [0, 0.05) is 18.5 Å². The van der Waals surface area contributed by atoms with Crippen LogP contribution in [0, 0.1) is 0 Å². The van der Waals surface area contributed by atoms with Gasteiger partial charge in [0.1, 0.15) is 0 Å². The maximum atomic E-state index is 5.74. The number of benzene rings is 1. The highest BCUT2D eigenvalue weighted by atomic mass is 16.5. The maximum absolute atomic E-state index is 5.74. The average molecular weight is 257 g/mol. The van der Waals surface area contributed by atoms with Crippen LogP contribution in [0.1, 0.15) is 25.7 Å². The van der Waals surface area contributed by atoms with E-state index >= 15 is 0 Å². The van der Waals surface area contributed by atoms with Gasteiger partial charge in [-0.15, -0.1) is 0 Å². The highest BCUT2D eigenvalue weighted by molar-refractivity contribution is 5.90. The van der Waals surface area contributed by atoms with Crippen LogP contribution in [0.2, 0.25) is 0 Å². The van der Waals surface area contributed by atoms with Crippen molar-refractivity contribution in [3.63, 3.8) is 0 Å². The van der Waals surface area contributed by atoms with Crippen LogP contribution in [0.3, 0.4) is 0 Å². The number of anilines is 1. The zero-order valence-electron chi connectivity index (χ0n) is 11.0. The van der Waals surface area contributed by atoms with E-state index in [4.69, 9.17) is 4.74 Å². The number of rotatable bonds is 4. The Labute approximate surface area is 113 Å². The highest BCUT2D eigenvalue weighted by Gasteiger charge is 2.13. The van der Waals surface area contributed by atoms with Gasteiger partial charge in [0.15, 0.2) is 0 Å². The lowest BCUT2D eigenvalue weighted by Gasteiger charge is -2.22. The molecule has 0 saturated carbocycles. The van der Waals surface area contributed by atoms with Crippen LogP contribution in [-0.2, 0) is 4.74 Å². The topological polar surface area (TPSA) is 47.0 Å². The summed E-state index contributed by atoms with van der Waals surface area (Å²) in [6, 6.07) is 8.07. The number of nitrogens with zero attached hydrogens (tertiary/aromatic N) is 2. The van der Waals surface area contributed by atoms with E-state index in [1.54, 1.807) is 6.20 Å². The lowest BCUT2D eigenvalue weighted by molar-refractivity contribution is 0.0134. The van der Waals surface area contributed by atoms with Gasteiger partial charge in [-0.2, -0.15) is 10.2 Å². The molecule has 2 heterocycles. The van der Waals surface area contributed by atoms with Gasteiger partial charge in [-0.05, 0) is 31.7 Å². The first-order chi connectivity index (χ1) is 9.43. The Bertz CT molecular complexity index is 532. The molecule has 0 bridgehead atoms. The largest absolute Gasteiger partial charge is 0.383 e. The van der Waals surface area contributed by atoms with Crippen LogP contribution in [0.4, 0.5) is 5.69 Å². The highest BCUT2D eigenvalue weighted by Crippen LogP contribution is 2.20. The fraction of sp³-hybridized carbons (Fsp3) is 0.467. The molecule has 19 heavy (non-hydrogen) atoms. The first kappa shape index (κ1) is 12.4. The summed E-state index contributed by atoms with van der Waals surface area (Å²) in [4.78, 5) is 0. The van der Waals surface area contributed by atoms with E-state index in [0.717, 1.165) is 36.2 Å². The van der Waals surface area contributed by atoms with E-state index in [1.165, 1.54) is 19.3 Å². The number of hydrogen-bond acceptors (Lipinski definition) is 4. The molecule has 0 spiro atoms. The minimum Gasteiger partial charge on any atom is -0.383 e. The molecule has 2 aromatic rings. The van der Waals surface area contributed by atoms with Crippen molar-refractivity contribution in [2.75, 3.05) is 18.5 Å². The summed E-state index contributed by atoms with van der Waals surface area (Å²) in [6.45, 7) is 1.84. The quantitative estimate of drug-likeness (QED) is 0.914. The summed E-state index contributed by atoms with van der Waals surface area (Å²) >= 11 is 0. The van der Waals surface area contributed by atoms with Crippen LogP contribution in [0.25, 0.3) is 10.9 Å². The molecule has 1 N–H and O–H groups in total. The van der Waals surface area contributed by atoms with Crippen LogP contribution >= 0.6 is 0 Å². The Morgan fingerprint density at radius 3 is 3.11 bits per heavy atom. The Kier molecular flexibility index (Phi) is 3.89. The molecular weight excluding hydrogens is 238 g/mol. The monoisotopic (exact) mass is 257 g/mol.